The van der Waals surface area contributed by atoms with Crippen LogP contribution in [0.4, 0.5) is 0 Å². The van der Waals surface area contributed by atoms with Crippen molar-refractivity contribution in [1.82, 2.24) is 0 Å². The molecule has 0 bridgehead atoms. The number of hydrogen-bond donors (Lipinski definition) is 4. The molecule has 0 aromatic heterocycles. The van der Waals surface area contributed by atoms with Gasteiger partial charge in [-0.1, -0.05) is 0 Å². The Balaban J connectivity index is 2.70. The molecule has 0 heterocycles. The second-order valence-corrected chi connectivity index (χ2v) is 3.04. The third-order valence-corrected chi connectivity index (χ3v) is 2.18. The van der Waals surface area contributed by atoms with E-state index in [9.17, 15) is 9.90 Å². The minimum Gasteiger partial charge on any atom is -0.396 e. The third kappa shape index (κ3) is 1.49. The Labute approximate surface area is 69.3 Å². The maximum Gasteiger partial charge on any atom is 0.164 e. The summed E-state index contributed by atoms with van der Waals surface area (Å²) in [5.41, 5.74) is 0. The van der Waals surface area contributed by atoms with Gasteiger partial charge in [-0.05, 0) is 0 Å². The standard InChI is InChI=1S/C7H12O5/c8-2-3-1-4(9)6(11)7(12)5(3)10/h3,5-8,10-12H,1-2H2/t3-,5-,6+,7-/m1/s1. The first-order chi connectivity index (χ1) is 5.57. The molecule has 0 radical (unpaired) electrons. The van der Waals surface area contributed by atoms with E-state index < -0.39 is 30.0 Å². The van der Waals surface area contributed by atoms with Crippen molar-refractivity contribution in [3.05, 3.63) is 0 Å². The number of rotatable bonds is 1. The van der Waals surface area contributed by atoms with E-state index in [4.69, 9.17) is 15.3 Å². The lowest BCUT2D eigenvalue weighted by Gasteiger charge is -2.32. The molecule has 1 saturated carbocycles. The van der Waals surface area contributed by atoms with Crippen LogP contribution in [0.3, 0.4) is 0 Å². The number of aliphatic hydroxyl groups excluding tert-OH is 4. The Bertz CT molecular complexity index is 179. The fourth-order valence-corrected chi connectivity index (χ4v) is 1.33. The fraction of sp³-hybridized carbons (Fsp3) is 0.857. The predicted octanol–water partition coefficient (Wildman–Crippen LogP) is -2.35. The molecule has 12 heavy (non-hydrogen) atoms. The van der Waals surface area contributed by atoms with Gasteiger partial charge >= 0.3 is 0 Å². The van der Waals surface area contributed by atoms with Crippen molar-refractivity contribution < 1.29 is 25.2 Å². The monoisotopic (exact) mass is 176 g/mol. The molecule has 0 amide bonds. The van der Waals surface area contributed by atoms with Crippen LogP contribution in [0.25, 0.3) is 0 Å². The zero-order valence-electron chi connectivity index (χ0n) is 6.42. The summed E-state index contributed by atoms with van der Waals surface area (Å²) in [5, 5.41) is 36.0. The Kier molecular flexibility index (Phi) is 2.79. The first-order valence-corrected chi connectivity index (χ1v) is 3.75. The van der Waals surface area contributed by atoms with Gasteiger partial charge in [0.1, 0.15) is 12.2 Å². The first-order valence-electron chi connectivity index (χ1n) is 3.75. The zero-order valence-corrected chi connectivity index (χ0v) is 6.42. The predicted molar refractivity (Wildman–Crippen MR) is 38.2 cm³/mol. The molecule has 4 atom stereocenters. The summed E-state index contributed by atoms with van der Waals surface area (Å²) in [6, 6.07) is 0. The van der Waals surface area contributed by atoms with Crippen molar-refractivity contribution in [2.45, 2.75) is 24.7 Å². The SMILES string of the molecule is O=C1C[C@H](CO)[C@@H](O)[C@@H](O)[C@H]1O. The van der Waals surface area contributed by atoms with Gasteiger partial charge in [-0.25, -0.2) is 0 Å². The van der Waals surface area contributed by atoms with Gasteiger partial charge in [0, 0.05) is 18.9 Å². The van der Waals surface area contributed by atoms with Crippen LogP contribution >= 0.6 is 0 Å². The van der Waals surface area contributed by atoms with E-state index in [1.54, 1.807) is 0 Å². The van der Waals surface area contributed by atoms with E-state index in [0.717, 1.165) is 0 Å². The highest BCUT2D eigenvalue weighted by Gasteiger charge is 2.41. The molecule has 0 aromatic rings. The van der Waals surface area contributed by atoms with Gasteiger partial charge in [0.15, 0.2) is 5.78 Å². The quantitative estimate of drug-likeness (QED) is 0.358. The molecule has 0 unspecified atom stereocenters. The minimum atomic E-state index is -1.51. The van der Waals surface area contributed by atoms with Crippen molar-refractivity contribution in [1.29, 1.82) is 0 Å². The van der Waals surface area contributed by atoms with Gasteiger partial charge in [-0.3, -0.25) is 4.79 Å². The largest absolute Gasteiger partial charge is 0.396 e. The summed E-state index contributed by atoms with van der Waals surface area (Å²) in [6.45, 7) is -0.364. The molecule has 1 rings (SSSR count). The number of aliphatic hydroxyl groups is 4. The van der Waals surface area contributed by atoms with E-state index in [1.807, 2.05) is 0 Å². The van der Waals surface area contributed by atoms with Crippen molar-refractivity contribution in [2.24, 2.45) is 5.92 Å². The zero-order chi connectivity index (χ0) is 9.30. The summed E-state index contributed by atoms with van der Waals surface area (Å²) >= 11 is 0. The summed E-state index contributed by atoms with van der Waals surface area (Å²) in [6.07, 6.45) is -4.29. The van der Waals surface area contributed by atoms with Crippen LogP contribution in [0.1, 0.15) is 6.42 Å². The van der Waals surface area contributed by atoms with Gasteiger partial charge in [0.2, 0.25) is 0 Å². The van der Waals surface area contributed by atoms with Crippen LogP contribution in [-0.4, -0.2) is 51.1 Å². The summed E-state index contributed by atoms with van der Waals surface area (Å²) in [5.74, 6) is -1.19. The fourth-order valence-electron chi connectivity index (χ4n) is 1.33. The normalized spacial score (nSPS) is 43.2. The Hall–Kier alpha value is -0.490. The lowest BCUT2D eigenvalue weighted by Crippen LogP contribution is -2.52. The average molecular weight is 176 g/mol. The van der Waals surface area contributed by atoms with Gasteiger partial charge in [-0.2, -0.15) is 0 Å². The highest BCUT2D eigenvalue weighted by Crippen LogP contribution is 2.22. The van der Waals surface area contributed by atoms with Crippen LogP contribution in [-0.2, 0) is 4.79 Å². The topological polar surface area (TPSA) is 98.0 Å². The van der Waals surface area contributed by atoms with Gasteiger partial charge < -0.3 is 20.4 Å². The van der Waals surface area contributed by atoms with Crippen LogP contribution in [0.2, 0.25) is 0 Å². The number of carbonyl (C=O) groups excluding carboxylic acids is 1. The Morgan fingerprint density at radius 3 is 2.33 bits per heavy atom. The van der Waals surface area contributed by atoms with E-state index in [2.05, 4.69) is 0 Å². The molecule has 5 nitrogen and oxygen atoms in total. The molecule has 0 aliphatic heterocycles. The van der Waals surface area contributed by atoms with Gasteiger partial charge in [-0.15, -0.1) is 0 Å². The van der Waals surface area contributed by atoms with Crippen LogP contribution < -0.4 is 0 Å². The molecule has 1 fully saturated rings. The molecular formula is C7H12O5. The average Bonchev–Trinajstić information content (AvgIpc) is 2.08. The highest BCUT2D eigenvalue weighted by molar-refractivity contribution is 5.84. The van der Waals surface area contributed by atoms with Crippen LogP contribution in [0.5, 0.6) is 0 Å². The number of ketones is 1. The highest BCUT2D eigenvalue weighted by atomic mass is 16.4. The van der Waals surface area contributed by atoms with Crippen LogP contribution in [0, 0.1) is 5.92 Å². The number of Topliss-reactive ketones (excluding diaryl/α,β-unsaturated/α-hetero) is 1. The van der Waals surface area contributed by atoms with Crippen molar-refractivity contribution in [3.63, 3.8) is 0 Å². The third-order valence-electron chi connectivity index (χ3n) is 2.18. The lowest BCUT2D eigenvalue weighted by atomic mass is 9.82. The summed E-state index contributed by atoms with van der Waals surface area (Å²) < 4.78 is 0. The van der Waals surface area contributed by atoms with E-state index in [0.29, 0.717) is 0 Å². The van der Waals surface area contributed by atoms with E-state index in [1.165, 1.54) is 0 Å². The summed E-state index contributed by atoms with van der Waals surface area (Å²) in [4.78, 5) is 10.9. The second-order valence-electron chi connectivity index (χ2n) is 3.04. The Morgan fingerprint density at radius 2 is 1.83 bits per heavy atom. The smallest absolute Gasteiger partial charge is 0.164 e. The van der Waals surface area contributed by atoms with Gasteiger partial charge in [0.25, 0.3) is 0 Å². The molecule has 4 N–H and O–H groups in total. The lowest BCUT2D eigenvalue weighted by molar-refractivity contribution is -0.156. The number of carbonyl (C=O) groups is 1. The maximum atomic E-state index is 10.9. The van der Waals surface area contributed by atoms with Crippen molar-refractivity contribution in [2.75, 3.05) is 6.61 Å². The first kappa shape index (κ1) is 9.60. The molecule has 5 heteroatoms. The summed E-state index contributed by atoms with van der Waals surface area (Å²) in [7, 11) is 0. The molecule has 70 valence electrons. The van der Waals surface area contributed by atoms with Crippen molar-refractivity contribution in [3.8, 4) is 0 Å². The molecular weight excluding hydrogens is 164 g/mol. The molecule has 0 saturated heterocycles. The second kappa shape index (κ2) is 3.49. The van der Waals surface area contributed by atoms with Crippen molar-refractivity contribution >= 4 is 5.78 Å². The minimum absolute atomic E-state index is 0.0874. The molecule has 0 spiro atoms. The Morgan fingerprint density at radius 1 is 1.25 bits per heavy atom. The molecule has 0 aromatic carbocycles. The maximum absolute atomic E-state index is 10.9. The van der Waals surface area contributed by atoms with E-state index in [-0.39, 0.29) is 13.0 Å². The molecule has 1 aliphatic carbocycles. The molecule has 1 aliphatic rings. The van der Waals surface area contributed by atoms with E-state index >= 15 is 0 Å². The number of hydrogen-bond acceptors (Lipinski definition) is 5. The van der Waals surface area contributed by atoms with Gasteiger partial charge in [0.05, 0.1) is 6.10 Å². The van der Waals surface area contributed by atoms with Crippen LogP contribution in [0.15, 0.2) is 0 Å².